The van der Waals surface area contributed by atoms with E-state index in [0.717, 1.165) is 28.1 Å². The predicted octanol–water partition coefficient (Wildman–Crippen LogP) is 4.02. The minimum Gasteiger partial charge on any atom is -0.324 e. The molecule has 3 rings (SSSR count). The largest absolute Gasteiger partial charge is 0.324 e. The van der Waals surface area contributed by atoms with E-state index >= 15 is 0 Å². The van der Waals surface area contributed by atoms with Gasteiger partial charge in [0.25, 0.3) is 0 Å². The van der Waals surface area contributed by atoms with Crippen molar-refractivity contribution in [1.82, 2.24) is 14.8 Å². The molecule has 1 aromatic carbocycles. The van der Waals surface area contributed by atoms with Crippen LogP contribution < -0.4 is 5.32 Å². The van der Waals surface area contributed by atoms with Crippen LogP contribution in [0.1, 0.15) is 38.4 Å². The topological polar surface area (TPSA) is 59.8 Å². The third-order valence-electron chi connectivity index (χ3n) is 4.02. The van der Waals surface area contributed by atoms with E-state index in [1.54, 1.807) is 11.8 Å². The summed E-state index contributed by atoms with van der Waals surface area (Å²) in [5, 5.41) is 12.3. The minimum atomic E-state index is -0.235. The van der Waals surface area contributed by atoms with Gasteiger partial charge >= 0.3 is 0 Å². The monoisotopic (exact) mass is 362 g/mol. The molecule has 0 spiro atoms. The van der Waals surface area contributed by atoms with Crippen molar-refractivity contribution in [3.8, 4) is 0 Å². The molecule has 128 valence electrons. The lowest BCUT2D eigenvalue weighted by molar-refractivity contribution is -0.115. The summed E-state index contributed by atoms with van der Waals surface area (Å²) in [7, 11) is 0. The van der Waals surface area contributed by atoms with Gasteiger partial charge in [-0.3, -0.25) is 4.79 Å². The number of aromatic nitrogens is 3. The molecular formula is C17H22N4OS2. The second-order valence-electron chi connectivity index (χ2n) is 5.81. The molecule has 0 bridgehead atoms. The van der Waals surface area contributed by atoms with Gasteiger partial charge in [-0.05, 0) is 45.1 Å². The van der Waals surface area contributed by atoms with Crippen LogP contribution in [-0.2, 0) is 11.3 Å². The first-order valence-electron chi connectivity index (χ1n) is 8.17. The number of benzene rings is 1. The molecule has 1 saturated carbocycles. The SMILES string of the molecule is CCn1c(SC(C)C(=O)Nc2ccccc2SC)nnc1C1CC1. The molecule has 0 radical (unpaired) electrons. The Morgan fingerprint density at radius 3 is 2.79 bits per heavy atom. The molecule has 0 saturated heterocycles. The van der Waals surface area contributed by atoms with E-state index in [-0.39, 0.29) is 11.2 Å². The molecule has 2 aromatic rings. The normalized spacial score (nSPS) is 15.3. The highest BCUT2D eigenvalue weighted by Crippen LogP contribution is 2.40. The van der Waals surface area contributed by atoms with Crippen molar-refractivity contribution < 1.29 is 4.79 Å². The average Bonchev–Trinajstić information content (AvgIpc) is 3.36. The van der Waals surface area contributed by atoms with Crippen LogP contribution in [0.3, 0.4) is 0 Å². The Bertz CT molecular complexity index is 727. The van der Waals surface area contributed by atoms with Crippen LogP contribution in [0.2, 0.25) is 0 Å². The number of hydrogen-bond donors (Lipinski definition) is 1. The molecule has 1 heterocycles. The number of hydrogen-bond acceptors (Lipinski definition) is 5. The lowest BCUT2D eigenvalue weighted by Crippen LogP contribution is -2.23. The second kappa shape index (κ2) is 7.61. The summed E-state index contributed by atoms with van der Waals surface area (Å²) in [4.78, 5) is 13.6. The van der Waals surface area contributed by atoms with Crippen molar-refractivity contribution in [2.24, 2.45) is 0 Å². The number of carbonyl (C=O) groups excluding carboxylic acids is 1. The first-order chi connectivity index (χ1) is 11.6. The molecule has 7 heteroatoms. The number of nitrogens with one attached hydrogen (secondary N) is 1. The maximum atomic E-state index is 12.5. The number of rotatable bonds is 7. The minimum absolute atomic E-state index is 0.0138. The first kappa shape index (κ1) is 17.4. The number of amides is 1. The lowest BCUT2D eigenvalue weighted by atomic mass is 10.3. The molecule has 24 heavy (non-hydrogen) atoms. The molecular weight excluding hydrogens is 340 g/mol. The third-order valence-corrected chi connectivity index (χ3v) is 5.90. The third kappa shape index (κ3) is 3.78. The lowest BCUT2D eigenvalue weighted by Gasteiger charge is -2.14. The molecule has 1 unspecified atom stereocenters. The van der Waals surface area contributed by atoms with E-state index in [9.17, 15) is 4.79 Å². The van der Waals surface area contributed by atoms with Gasteiger partial charge in [0.2, 0.25) is 5.91 Å². The van der Waals surface area contributed by atoms with E-state index in [2.05, 4.69) is 27.0 Å². The highest BCUT2D eigenvalue weighted by Gasteiger charge is 2.30. The van der Waals surface area contributed by atoms with Gasteiger partial charge in [0.15, 0.2) is 5.16 Å². The van der Waals surface area contributed by atoms with Crippen molar-refractivity contribution in [2.75, 3.05) is 11.6 Å². The van der Waals surface area contributed by atoms with Crippen LogP contribution in [0, 0.1) is 0 Å². The highest BCUT2D eigenvalue weighted by atomic mass is 32.2. The average molecular weight is 363 g/mol. The zero-order valence-corrected chi connectivity index (χ0v) is 15.8. The van der Waals surface area contributed by atoms with E-state index in [1.807, 2.05) is 37.4 Å². The first-order valence-corrected chi connectivity index (χ1v) is 10.3. The van der Waals surface area contributed by atoms with Crippen LogP contribution in [0.15, 0.2) is 34.3 Å². The zero-order valence-electron chi connectivity index (χ0n) is 14.2. The summed E-state index contributed by atoms with van der Waals surface area (Å²) < 4.78 is 2.14. The van der Waals surface area contributed by atoms with Gasteiger partial charge in [-0.15, -0.1) is 22.0 Å². The standard InChI is InChI=1S/C17H22N4OS2/c1-4-21-15(12-9-10-12)19-20-17(21)24-11(2)16(22)18-13-7-5-6-8-14(13)23-3/h5-8,11-12H,4,9-10H2,1-3H3,(H,18,22). The summed E-state index contributed by atoms with van der Waals surface area (Å²) in [6, 6.07) is 7.85. The molecule has 5 nitrogen and oxygen atoms in total. The van der Waals surface area contributed by atoms with Gasteiger partial charge in [0.1, 0.15) is 5.82 Å². The van der Waals surface area contributed by atoms with Crippen LogP contribution in [-0.4, -0.2) is 32.2 Å². The van der Waals surface area contributed by atoms with E-state index in [1.165, 1.54) is 24.6 Å². The maximum absolute atomic E-state index is 12.5. The van der Waals surface area contributed by atoms with Crippen molar-refractivity contribution in [3.05, 3.63) is 30.1 Å². The summed E-state index contributed by atoms with van der Waals surface area (Å²) in [6.07, 6.45) is 4.40. The van der Waals surface area contributed by atoms with Gasteiger partial charge < -0.3 is 9.88 Å². The number of nitrogens with zero attached hydrogens (tertiary/aromatic N) is 3. The number of carbonyl (C=O) groups is 1. The van der Waals surface area contributed by atoms with Crippen LogP contribution >= 0.6 is 23.5 Å². The van der Waals surface area contributed by atoms with Crippen LogP contribution in [0.4, 0.5) is 5.69 Å². The Hall–Kier alpha value is -1.47. The summed E-state index contributed by atoms with van der Waals surface area (Å²) in [6.45, 7) is 4.84. The maximum Gasteiger partial charge on any atom is 0.237 e. The number of para-hydroxylation sites is 1. The second-order valence-corrected chi connectivity index (χ2v) is 7.96. The Morgan fingerprint density at radius 1 is 1.38 bits per heavy atom. The number of anilines is 1. The Labute approximate surface area is 151 Å². The molecule has 1 aliphatic rings. The molecule has 1 aromatic heterocycles. The number of thioether (sulfide) groups is 2. The van der Waals surface area contributed by atoms with Crippen LogP contribution in [0.25, 0.3) is 0 Å². The molecule has 1 aliphatic carbocycles. The van der Waals surface area contributed by atoms with Crippen molar-refractivity contribution >= 4 is 35.1 Å². The molecule has 1 fully saturated rings. The van der Waals surface area contributed by atoms with Gasteiger partial charge in [-0.25, -0.2) is 0 Å². The Kier molecular flexibility index (Phi) is 5.50. The van der Waals surface area contributed by atoms with E-state index in [4.69, 9.17) is 0 Å². The van der Waals surface area contributed by atoms with Crippen molar-refractivity contribution in [2.45, 2.75) is 54.5 Å². The van der Waals surface area contributed by atoms with E-state index in [0.29, 0.717) is 5.92 Å². The predicted molar refractivity (Wildman–Crippen MR) is 99.8 cm³/mol. The fraction of sp³-hybridized carbons (Fsp3) is 0.471. The fourth-order valence-corrected chi connectivity index (χ4v) is 4.00. The quantitative estimate of drug-likeness (QED) is 0.754. The molecule has 1 N–H and O–H groups in total. The Balaban J connectivity index is 1.68. The fourth-order valence-electron chi connectivity index (χ4n) is 2.52. The molecule has 1 atom stereocenters. The summed E-state index contributed by atoms with van der Waals surface area (Å²) >= 11 is 3.10. The van der Waals surface area contributed by atoms with Gasteiger partial charge in [-0.1, -0.05) is 23.9 Å². The van der Waals surface area contributed by atoms with E-state index < -0.39 is 0 Å². The highest BCUT2D eigenvalue weighted by molar-refractivity contribution is 8.00. The smallest absolute Gasteiger partial charge is 0.237 e. The summed E-state index contributed by atoms with van der Waals surface area (Å²) in [5.74, 6) is 1.62. The van der Waals surface area contributed by atoms with Gasteiger partial charge in [0.05, 0.1) is 10.9 Å². The van der Waals surface area contributed by atoms with Gasteiger partial charge in [-0.2, -0.15) is 0 Å². The molecule has 0 aliphatic heterocycles. The van der Waals surface area contributed by atoms with Crippen molar-refractivity contribution in [3.63, 3.8) is 0 Å². The van der Waals surface area contributed by atoms with Crippen LogP contribution in [0.5, 0.6) is 0 Å². The molecule has 1 amide bonds. The zero-order chi connectivity index (χ0) is 17.1. The summed E-state index contributed by atoms with van der Waals surface area (Å²) in [5.41, 5.74) is 0.859. The van der Waals surface area contributed by atoms with Crippen molar-refractivity contribution in [1.29, 1.82) is 0 Å². The Morgan fingerprint density at radius 2 is 2.12 bits per heavy atom. The van der Waals surface area contributed by atoms with Gasteiger partial charge in [0, 0.05) is 17.4 Å².